The van der Waals surface area contributed by atoms with Crippen molar-refractivity contribution in [2.45, 2.75) is 6.61 Å². The molecule has 0 atom stereocenters. The Morgan fingerprint density at radius 2 is 1.84 bits per heavy atom. The summed E-state index contributed by atoms with van der Waals surface area (Å²) in [6.07, 6.45) is 0. The highest BCUT2D eigenvalue weighted by atomic mass is 16.5. The molecule has 0 aromatic heterocycles. The number of nitrogens with one attached hydrogen (secondary N) is 1. The van der Waals surface area contributed by atoms with E-state index in [2.05, 4.69) is 5.32 Å². The van der Waals surface area contributed by atoms with E-state index in [1.54, 1.807) is 43.5 Å². The molecule has 4 heteroatoms. The van der Waals surface area contributed by atoms with Crippen LogP contribution in [0.5, 0.6) is 5.75 Å². The number of methoxy groups -OCH3 is 1. The van der Waals surface area contributed by atoms with Gasteiger partial charge in [-0.05, 0) is 29.8 Å². The zero-order valence-corrected chi connectivity index (χ0v) is 10.6. The van der Waals surface area contributed by atoms with E-state index < -0.39 is 0 Å². The van der Waals surface area contributed by atoms with E-state index >= 15 is 0 Å². The number of anilines is 1. The molecule has 4 nitrogen and oxygen atoms in total. The third-order valence-corrected chi connectivity index (χ3v) is 2.75. The minimum Gasteiger partial charge on any atom is -0.495 e. The molecule has 0 aliphatic rings. The molecule has 0 radical (unpaired) electrons. The van der Waals surface area contributed by atoms with E-state index in [1.165, 1.54) is 0 Å². The number of hydrogen-bond donors (Lipinski definition) is 2. The van der Waals surface area contributed by atoms with Crippen molar-refractivity contribution in [3.8, 4) is 5.75 Å². The Morgan fingerprint density at radius 3 is 2.47 bits per heavy atom. The number of ether oxygens (including phenoxy) is 1. The lowest BCUT2D eigenvalue weighted by atomic mass is 10.1. The minimum absolute atomic E-state index is 0.0333. The van der Waals surface area contributed by atoms with Crippen molar-refractivity contribution in [2.75, 3.05) is 12.4 Å². The fourth-order valence-corrected chi connectivity index (χ4v) is 1.70. The highest BCUT2D eigenvalue weighted by Gasteiger charge is 2.08. The van der Waals surface area contributed by atoms with Crippen LogP contribution in [0.1, 0.15) is 15.9 Å². The quantitative estimate of drug-likeness (QED) is 0.884. The van der Waals surface area contributed by atoms with E-state index in [0.717, 1.165) is 5.56 Å². The Labute approximate surface area is 111 Å². The molecule has 0 aliphatic heterocycles. The Kier molecular flexibility index (Phi) is 4.15. The molecule has 0 unspecified atom stereocenters. The molecule has 19 heavy (non-hydrogen) atoms. The summed E-state index contributed by atoms with van der Waals surface area (Å²) in [5.74, 6) is 0.400. The number of amides is 1. The number of benzene rings is 2. The van der Waals surface area contributed by atoms with Gasteiger partial charge in [0.1, 0.15) is 5.75 Å². The average Bonchev–Trinajstić information content (AvgIpc) is 2.48. The lowest BCUT2D eigenvalue weighted by molar-refractivity contribution is 0.102. The standard InChI is InChI=1S/C15H15NO3/c1-19-14-5-3-2-4-13(14)16-15(18)12-8-6-11(10-17)7-9-12/h2-9,17H,10H2,1H3,(H,16,18). The summed E-state index contributed by atoms with van der Waals surface area (Å²) in [7, 11) is 1.56. The Balaban J connectivity index is 2.16. The highest BCUT2D eigenvalue weighted by molar-refractivity contribution is 6.05. The van der Waals surface area contributed by atoms with Gasteiger partial charge in [0.15, 0.2) is 0 Å². The van der Waals surface area contributed by atoms with Crippen molar-refractivity contribution in [2.24, 2.45) is 0 Å². The first-order valence-corrected chi connectivity index (χ1v) is 5.88. The summed E-state index contributed by atoms with van der Waals surface area (Å²) in [6, 6.07) is 14.0. The van der Waals surface area contributed by atoms with Gasteiger partial charge in [-0.25, -0.2) is 0 Å². The molecule has 2 N–H and O–H groups in total. The number of aliphatic hydroxyl groups excluding tert-OH is 1. The monoisotopic (exact) mass is 257 g/mol. The highest BCUT2D eigenvalue weighted by Crippen LogP contribution is 2.23. The maximum Gasteiger partial charge on any atom is 0.255 e. The predicted octanol–water partition coefficient (Wildman–Crippen LogP) is 2.44. The van der Waals surface area contributed by atoms with Gasteiger partial charge in [0, 0.05) is 5.56 Å². The topological polar surface area (TPSA) is 58.6 Å². The Morgan fingerprint density at radius 1 is 1.16 bits per heavy atom. The SMILES string of the molecule is COc1ccccc1NC(=O)c1ccc(CO)cc1. The molecule has 0 fully saturated rings. The zero-order chi connectivity index (χ0) is 13.7. The molecule has 2 rings (SSSR count). The number of aliphatic hydroxyl groups is 1. The van der Waals surface area contributed by atoms with Gasteiger partial charge in [0.25, 0.3) is 5.91 Å². The molecule has 98 valence electrons. The molecular weight excluding hydrogens is 242 g/mol. The molecule has 0 spiro atoms. The Hall–Kier alpha value is -2.33. The molecule has 0 bridgehead atoms. The number of rotatable bonds is 4. The second-order valence-corrected chi connectivity index (χ2v) is 4.01. The zero-order valence-electron chi connectivity index (χ0n) is 10.6. The fourth-order valence-electron chi connectivity index (χ4n) is 1.70. The first-order chi connectivity index (χ1) is 9.24. The molecule has 0 heterocycles. The van der Waals surface area contributed by atoms with Crippen molar-refractivity contribution in [3.63, 3.8) is 0 Å². The maximum atomic E-state index is 12.1. The second kappa shape index (κ2) is 6.02. The van der Waals surface area contributed by atoms with Crippen LogP contribution in [-0.4, -0.2) is 18.1 Å². The molecule has 0 saturated carbocycles. The molecule has 0 aliphatic carbocycles. The van der Waals surface area contributed by atoms with Crippen molar-refractivity contribution in [1.29, 1.82) is 0 Å². The van der Waals surface area contributed by atoms with Crippen LogP contribution in [0, 0.1) is 0 Å². The van der Waals surface area contributed by atoms with Gasteiger partial charge in [0.2, 0.25) is 0 Å². The van der Waals surface area contributed by atoms with Gasteiger partial charge < -0.3 is 15.2 Å². The van der Waals surface area contributed by atoms with Crippen molar-refractivity contribution < 1.29 is 14.6 Å². The van der Waals surface area contributed by atoms with Crippen molar-refractivity contribution >= 4 is 11.6 Å². The summed E-state index contributed by atoms with van der Waals surface area (Å²) in [5.41, 5.74) is 1.93. The third kappa shape index (κ3) is 3.11. The smallest absolute Gasteiger partial charge is 0.255 e. The van der Waals surface area contributed by atoms with Crippen LogP contribution in [0.15, 0.2) is 48.5 Å². The maximum absolute atomic E-state index is 12.1. The molecule has 1 amide bonds. The molecule has 0 saturated heterocycles. The minimum atomic E-state index is -0.214. The number of carbonyl (C=O) groups is 1. The van der Waals surface area contributed by atoms with Crippen molar-refractivity contribution in [1.82, 2.24) is 0 Å². The van der Waals surface area contributed by atoms with E-state index in [0.29, 0.717) is 17.0 Å². The predicted molar refractivity (Wildman–Crippen MR) is 73.3 cm³/mol. The first-order valence-electron chi connectivity index (χ1n) is 5.88. The summed E-state index contributed by atoms with van der Waals surface area (Å²) in [6.45, 7) is -0.0333. The van der Waals surface area contributed by atoms with Gasteiger partial charge >= 0.3 is 0 Å². The fraction of sp³-hybridized carbons (Fsp3) is 0.133. The van der Waals surface area contributed by atoms with Gasteiger partial charge in [-0.2, -0.15) is 0 Å². The average molecular weight is 257 g/mol. The third-order valence-electron chi connectivity index (χ3n) is 2.75. The van der Waals surface area contributed by atoms with Crippen LogP contribution in [0.2, 0.25) is 0 Å². The van der Waals surface area contributed by atoms with E-state index in [-0.39, 0.29) is 12.5 Å². The summed E-state index contributed by atoms with van der Waals surface area (Å²) >= 11 is 0. The van der Waals surface area contributed by atoms with Gasteiger partial charge in [0.05, 0.1) is 19.4 Å². The van der Waals surface area contributed by atoms with Crippen LogP contribution in [0.3, 0.4) is 0 Å². The van der Waals surface area contributed by atoms with Crippen LogP contribution in [0.4, 0.5) is 5.69 Å². The molecular formula is C15H15NO3. The molecule has 2 aromatic rings. The number of hydrogen-bond acceptors (Lipinski definition) is 3. The van der Waals surface area contributed by atoms with Gasteiger partial charge in [-0.1, -0.05) is 24.3 Å². The van der Waals surface area contributed by atoms with Gasteiger partial charge in [-0.15, -0.1) is 0 Å². The van der Waals surface area contributed by atoms with Gasteiger partial charge in [-0.3, -0.25) is 4.79 Å². The normalized spacial score (nSPS) is 10.0. The summed E-state index contributed by atoms with van der Waals surface area (Å²) < 4.78 is 5.17. The van der Waals surface area contributed by atoms with Crippen molar-refractivity contribution in [3.05, 3.63) is 59.7 Å². The van der Waals surface area contributed by atoms with E-state index in [1.807, 2.05) is 12.1 Å². The van der Waals surface area contributed by atoms with Crippen LogP contribution in [-0.2, 0) is 6.61 Å². The van der Waals surface area contributed by atoms with Crippen LogP contribution >= 0.6 is 0 Å². The second-order valence-electron chi connectivity index (χ2n) is 4.01. The lowest BCUT2D eigenvalue weighted by Gasteiger charge is -2.09. The van der Waals surface area contributed by atoms with Crippen LogP contribution < -0.4 is 10.1 Å². The van der Waals surface area contributed by atoms with Crippen LogP contribution in [0.25, 0.3) is 0 Å². The van der Waals surface area contributed by atoms with E-state index in [9.17, 15) is 4.79 Å². The largest absolute Gasteiger partial charge is 0.495 e. The first kappa shape index (κ1) is 13.1. The summed E-state index contributed by atoms with van der Waals surface area (Å²) in [4.78, 5) is 12.1. The Bertz CT molecular complexity index is 564. The molecule has 2 aromatic carbocycles. The van der Waals surface area contributed by atoms with E-state index in [4.69, 9.17) is 9.84 Å². The lowest BCUT2D eigenvalue weighted by Crippen LogP contribution is -2.12. The summed E-state index contributed by atoms with van der Waals surface area (Å²) in [5, 5.41) is 11.7. The number of carbonyl (C=O) groups excluding carboxylic acids is 1. The number of para-hydroxylation sites is 2.